The van der Waals surface area contributed by atoms with Crippen LogP contribution in [0.15, 0.2) is 0 Å². The second kappa shape index (κ2) is 2.35. The number of rotatable bonds is 0. The highest BCUT2D eigenvalue weighted by molar-refractivity contribution is 5.93. The Bertz CT molecular complexity index is 155. The third-order valence-corrected chi connectivity index (χ3v) is 2.51. The first-order valence-corrected chi connectivity index (χ1v) is 3.97. The number of hydrogen-bond donors (Lipinski definition) is 1. The van der Waals surface area contributed by atoms with Crippen LogP contribution in [0.4, 0.5) is 0 Å². The molecule has 0 spiro atoms. The largest absolute Gasteiger partial charge is 0.315 e. The lowest BCUT2D eigenvalue weighted by Crippen LogP contribution is -2.24. The molecule has 1 unspecified atom stereocenters. The lowest BCUT2D eigenvalue weighted by Gasteiger charge is -2.21. The second-order valence-electron chi connectivity index (χ2n) is 3.17. The summed E-state index contributed by atoms with van der Waals surface area (Å²) in [6.45, 7) is 1.91. The highest BCUT2D eigenvalue weighted by atomic mass is 16.1. The van der Waals surface area contributed by atoms with Gasteiger partial charge in [0.25, 0.3) is 0 Å². The van der Waals surface area contributed by atoms with E-state index >= 15 is 0 Å². The number of ketones is 1. The molecule has 1 atom stereocenters. The predicted octanol–water partition coefficient (Wildman–Crippen LogP) is 0.533. The molecule has 2 rings (SSSR count). The van der Waals surface area contributed by atoms with Crippen molar-refractivity contribution in [2.24, 2.45) is 5.92 Å². The first kappa shape index (κ1) is 6.35. The summed E-state index contributed by atoms with van der Waals surface area (Å²) < 4.78 is 0. The number of hydrogen-bond acceptors (Lipinski definition) is 2. The van der Waals surface area contributed by atoms with E-state index in [1.54, 1.807) is 0 Å². The van der Waals surface area contributed by atoms with Crippen molar-refractivity contribution in [2.45, 2.75) is 19.3 Å². The summed E-state index contributed by atoms with van der Waals surface area (Å²) >= 11 is 0. The summed E-state index contributed by atoms with van der Waals surface area (Å²) in [4.78, 5) is 11.2. The molecule has 2 aliphatic rings. The molecule has 0 amide bonds. The third-order valence-electron chi connectivity index (χ3n) is 2.51. The van der Waals surface area contributed by atoms with Crippen molar-refractivity contribution >= 4 is 5.78 Å². The Morgan fingerprint density at radius 2 is 2.40 bits per heavy atom. The molecule has 1 heterocycles. The first-order valence-electron chi connectivity index (χ1n) is 3.97. The molecule has 2 fully saturated rings. The number of carbonyl (C=O) groups excluding carboxylic acids is 1. The first-order chi connectivity index (χ1) is 4.88. The van der Waals surface area contributed by atoms with E-state index in [-0.39, 0.29) is 0 Å². The standard InChI is InChI=1S/C8H12NO/c10-8-3-1-2-6-4-9-5-7(6)8/h6,9H,1-5H2. The smallest absolute Gasteiger partial charge is 0.141 e. The molecule has 1 N–H and O–H groups in total. The molecule has 1 radical (unpaired) electrons. The topological polar surface area (TPSA) is 29.1 Å². The molecular formula is C8H12NO. The van der Waals surface area contributed by atoms with E-state index in [0.717, 1.165) is 25.9 Å². The zero-order valence-corrected chi connectivity index (χ0v) is 6.02. The Hall–Kier alpha value is -0.370. The van der Waals surface area contributed by atoms with E-state index in [9.17, 15) is 4.79 Å². The van der Waals surface area contributed by atoms with E-state index in [2.05, 4.69) is 5.32 Å². The molecule has 10 heavy (non-hydrogen) atoms. The average Bonchev–Trinajstić information content (AvgIpc) is 2.36. The van der Waals surface area contributed by atoms with Gasteiger partial charge in [-0.05, 0) is 25.3 Å². The maximum Gasteiger partial charge on any atom is 0.141 e. The van der Waals surface area contributed by atoms with Crippen molar-refractivity contribution in [3.63, 3.8) is 0 Å². The van der Waals surface area contributed by atoms with Gasteiger partial charge >= 0.3 is 0 Å². The maximum absolute atomic E-state index is 11.2. The fraction of sp³-hybridized carbons (Fsp3) is 0.750. The van der Waals surface area contributed by atoms with E-state index < -0.39 is 0 Å². The van der Waals surface area contributed by atoms with Crippen molar-refractivity contribution in [2.75, 3.05) is 13.1 Å². The van der Waals surface area contributed by atoms with E-state index in [0.29, 0.717) is 11.7 Å². The van der Waals surface area contributed by atoms with E-state index in [1.807, 2.05) is 0 Å². The van der Waals surface area contributed by atoms with Gasteiger partial charge in [0.1, 0.15) is 5.78 Å². The monoisotopic (exact) mass is 138 g/mol. The molecule has 0 aromatic heterocycles. The number of carbonyl (C=O) groups is 1. The van der Waals surface area contributed by atoms with E-state index in [1.165, 1.54) is 12.3 Å². The fourth-order valence-corrected chi connectivity index (χ4v) is 1.92. The van der Waals surface area contributed by atoms with Crippen LogP contribution in [-0.2, 0) is 4.79 Å². The lowest BCUT2D eigenvalue weighted by atomic mass is 9.81. The maximum atomic E-state index is 11.2. The van der Waals surface area contributed by atoms with Crippen LogP contribution in [0, 0.1) is 11.8 Å². The van der Waals surface area contributed by atoms with Crippen LogP contribution in [0.5, 0.6) is 0 Å². The normalized spacial score (nSPS) is 34.4. The van der Waals surface area contributed by atoms with Gasteiger partial charge in [-0.3, -0.25) is 4.79 Å². The molecular weight excluding hydrogens is 126 g/mol. The highest BCUT2D eigenvalue weighted by Gasteiger charge is 2.35. The Morgan fingerprint density at radius 1 is 1.50 bits per heavy atom. The molecule has 1 saturated carbocycles. The SMILES string of the molecule is O=C1CCCC2CNC[C]12. The summed E-state index contributed by atoms with van der Waals surface area (Å²) in [6.07, 6.45) is 3.14. The van der Waals surface area contributed by atoms with Crippen LogP contribution in [0.25, 0.3) is 0 Å². The summed E-state index contributed by atoms with van der Waals surface area (Å²) in [5.41, 5.74) is 0. The number of fused-ring (bicyclic) bond motifs is 1. The Kier molecular flexibility index (Phi) is 1.49. The van der Waals surface area contributed by atoms with Gasteiger partial charge in [-0.15, -0.1) is 0 Å². The van der Waals surface area contributed by atoms with E-state index in [4.69, 9.17) is 0 Å². The number of Topliss-reactive ketones (excluding diaryl/α,β-unsaturated/α-hetero) is 1. The van der Waals surface area contributed by atoms with Crippen molar-refractivity contribution < 1.29 is 4.79 Å². The van der Waals surface area contributed by atoms with Crippen molar-refractivity contribution in [3.05, 3.63) is 5.92 Å². The molecule has 1 saturated heterocycles. The van der Waals surface area contributed by atoms with Gasteiger partial charge in [0.15, 0.2) is 0 Å². The van der Waals surface area contributed by atoms with Crippen LogP contribution in [0.2, 0.25) is 0 Å². The van der Waals surface area contributed by atoms with Crippen LogP contribution in [0.3, 0.4) is 0 Å². The van der Waals surface area contributed by atoms with Crippen molar-refractivity contribution in [1.29, 1.82) is 0 Å². The number of nitrogens with one attached hydrogen (secondary N) is 1. The minimum atomic E-state index is 0.418. The van der Waals surface area contributed by atoms with Crippen LogP contribution < -0.4 is 5.32 Å². The van der Waals surface area contributed by atoms with Crippen LogP contribution in [0.1, 0.15) is 19.3 Å². The summed E-state index contributed by atoms with van der Waals surface area (Å²) in [5, 5.41) is 3.24. The lowest BCUT2D eigenvalue weighted by molar-refractivity contribution is -0.118. The quantitative estimate of drug-likeness (QED) is 0.529. The molecule has 1 aliphatic carbocycles. The third kappa shape index (κ3) is 0.870. The van der Waals surface area contributed by atoms with Gasteiger partial charge in [0.2, 0.25) is 0 Å². The molecule has 0 aromatic carbocycles. The minimum Gasteiger partial charge on any atom is -0.315 e. The fourth-order valence-electron chi connectivity index (χ4n) is 1.92. The van der Waals surface area contributed by atoms with Gasteiger partial charge in [0.05, 0.1) is 5.92 Å². The summed E-state index contributed by atoms with van der Waals surface area (Å²) in [6, 6.07) is 0. The Morgan fingerprint density at radius 3 is 3.20 bits per heavy atom. The molecule has 0 bridgehead atoms. The van der Waals surface area contributed by atoms with Crippen LogP contribution >= 0.6 is 0 Å². The molecule has 1 aliphatic heterocycles. The summed E-state index contributed by atoms with van der Waals surface area (Å²) in [7, 11) is 0. The zero-order valence-electron chi connectivity index (χ0n) is 6.02. The molecule has 2 nitrogen and oxygen atoms in total. The van der Waals surface area contributed by atoms with Crippen molar-refractivity contribution in [1.82, 2.24) is 5.32 Å². The molecule has 0 aromatic rings. The van der Waals surface area contributed by atoms with Gasteiger partial charge in [-0.2, -0.15) is 0 Å². The van der Waals surface area contributed by atoms with Gasteiger partial charge in [-0.25, -0.2) is 0 Å². The van der Waals surface area contributed by atoms with Crippen molar-refractivity contribution in [3.8, 4) is 0 Å². The Labute approximate surface area is 61.0 Å². The zero-order chi connectivity index (χ0) is 6.97. The second-order valence-corrected chi connectivity index (χ2v) is 3.17. The highest BCUT2D eigenvalue weighted by Crippen LogP contribution is 2.31. The van der Waals surface area contributed by atoms with Gasteiger partial charge < -0.3 is 5.32 Å². The predicted molar refractivity (Wildman–Crippen MR) is 38.5 cm³/mol. The molecule has 55 valence electrons. The van der Waals surface area contributed by atoms with Gasteiger partial charge in [0, 0.05) is 13.0 Å². The summed E-state index contributed by atoms with van der Waals surface area (Å²) in [5.74, 6) is 2.19. The Balaban J connectivity index is 2.10. The average molecular weight is 138 g/mol. The molecule has 2 heteroatoms. The van der Waals surface area contributed by atoms with Gasteiger partial charge in [-0.1, -0.05) is 0 Å². The van der Waals surface area contributed by atoms with Crippen LogP contribution in [-0.4, -0.2) is 18.9 Å². The minimum absolute atomic E-state index is 0.418.